The van der Waals surface area contributed by atoms with Crippen molar-refractivity contribution in [2.24, 2.45) is 0 Å². The Morgan fingerprint density at radius 1 is 1.06 bits per heavy atom. The van der Waals surface area contributed by atoms with Gasteiger partial charge in [-0.25, -0.2) is 14.8 Å². The molecule has 162 valence electrons. The van der Waals surface area contributed by atoms with Crippen molar-refractivity contribution in [1.29, 1.82) is 0 Å². The van der Waals surface area contributed by atoms with Crippen LogP contribution in [0.3, 0.4) is 0 Å². The van der Waals surface area contributed by atoms with Crippen molar-refractivity contribution in [3.8, 4) is 17.2 Å². The number of alkyl halides is 1. The van der Waals surface area contributed by atoms with Gasteiger partial charge >= 0.3 is 5.69 Å². The molecule has 2 aromatic heterocycles. The Hall–Kier alpha value is -3.85. The number of hydrogen-bond donors (Lipinski definition) is 1. The van der Waals surface area contributed by atoms with Gasteiger partial charge in [0.2, 0.25) is 5.91 Å². The zero-order chi connectivity index (χ0) is 22.2. The molecule has 0 spiro atoms. The maximum Gasteiger partial charge on any atom is 0.335 e. The number of halogens is 1. The topological polar surface area (TPSA) is 108 Å². The molecule has 2 N–H and O–H groups in total. The fraction of sp³-hybridized carbons (Fsp3) is 0.182. The number of nitrogen functional groups attached to an aromatic ring is 1. The largest absolute Gasteiger partial charge is 0.457 e. The summed E-state index contributed by atoms with van der Waals surface area (Å²) >= 11 is 5.64. The molecule has 1 saturated heterocycles. The maximum absolute atomic E-state index is 13.4. The van der Waals surface area contributed by atoms with Crippen molar-refractivity contribution in [3.63, 3.8) is 0 Å². The number of benzene rings is 2. The summed E-state index contributed by atoms with van der Waals surface area (Å²) in [5, 5.41) is 0. The van der Waals surface area contributed by atoms with Crippen LogP contribution < -0.4 is 16.2 Å². The lowest BCUT2D eigenvalue weighted by molar-refractivity contribution is -0.134. The number of hydrogen-bond acceptors (Lipinski definition) is 6. The average Bonchev–Trinajstić information content (AvgIpc) is 3.07. The zero-order valence-electron chi connectivity index (χ0n) is 16.9. The van der Waals surface area contributed by atoms with Crippen LogP contribution in [0.4, 0.5) is 5.82 Å². The second-order valence-corrected chi connectivity index (χ2v) is 7.68. The van der Waals surface area contributed by atoms with E-state index in [-0.39, 0.29) is 29.3 Å². The average molecular weight is 451 g/mol. The first-order valence-electron chi connectivity index (χ1n) is 9.97. The van der Waals surface area contributed by atoms with E-state index in [1.54, 1.807) is 33.7 Å². The summed E-state index contributed by atoms with van der Waals surface area (Å²) in [4.78, 5) is 35.2. The van der Waals surface area contributed by atoms with Gasteiger partial charge in [0.15, 0.2) is 11.5 Å². The third kappa shape index (κ3) is 3.36. The summed E-state index contributed by atoms with van der Waals surface area (Å²) in [6.45, 7) is 0.774. The van der Waals surface area contributed by atoms with Gasteiger partial charge in [-0.05, 0) is 36.4 Å². The summed E-state index contributed by atoms with van der Waals surface area (Å²) in [7, 11) is 0. The summed E-state index contributed by atoms with van der Waals surface area (Å²) in [6.07, 6.45) is 1.33. The highest BCUT2D eigenvalue weighted by Gasteiger charge is 2.35. The smallest absolute Gasteiger partial charge is 0.335 e. The minimum Gasteiger partial charge on any atom is -0.457 e. The van der Waals surface area contributed by atoms with Gasteiger partial charge in [-0.1, -0.05) is 18.2 Å². The first-order valence-corrected chi connectivity index (χ1v) is 10.5. The quantitative estimate of drug-likeness (QED) is 0.468. The van der Waals surface area contributed by atoms with Gasteiger partial charge in [-0.15, -0.1) is 11.6 Å². The van der Waals surface area contributed by atoms with E-state index in [0.29, 0.717) is 41.4 Å². The molecule has 0 aliphatic carbocycles. The minimum atomic E-state index is -0.299. The van der Waals surface area contributed by atoms with Gasteiger partial charge in [-0.3, -0.25) is 13.9 Å². The van der Waals surface area contributed by atoms with Crippen LogP contribution in [0.5, 0.6) is 11.5 Å². The molecular formula is C22H19ClN6O3. The van der Waals surface area contributed by atoms with E-state index in [4.69, 9.17) is 22.1 Å². The molecule has 1 fully saturated rings. The molecule has 4 aromatic rings. The lowest BCUT2D eigenvalue weighted by Crippen LogP contribution is -2.53. The molecule has 0 bridgehead atoms. The molecule has 1 aliphatic heterocycles. The summed E-state index contributed by atoms with van der Waals surface area (Å²) in [5.74, 6) is 1.30. The van der Waals surface area contributed by atoms with Crippen LogP contribution in [0.2, 0.25) is 0 Å². The molecular weight excluding hydrogens is 432 g/mol. The number of aromatic nitrogens is 4. The SMILES string of the molecule is Nc1ncnc2c1n(-c1ccc(Oc3ccccc3)cc1)c(=O)n2C1CN(C(=O)CCl)C1. The summed E-state index contributed by atoms with van der Waals surface area (Å²) in [5.41, 5.74) is 7.29. The summed E-state index contributed by atoms with van der Waals surface area (Å²) < 4.78 is 8.89. The van der Waals surface area contributed by atoms with E-state index in [1.807, 2.05) is 30.3 Å². The Labute approximate surface area is 187 Å². The number of nitrogens with two attached hydrogens (primary N) is 1. The Balaban J connectivity index is 1.53. The van der Waals surface area contributed by atoms with Crippen LogP contribution in [-0.2, 0) is 4.79 Å². The predicted molar refractivity (Wildman–Crippen MR) is 120 cm³/mol. The standard InChI is InChI=1S/C22H19ClN6O3/c23-10-18(30)27-11-15(12-27)29-21-19(20(24)25-13-26-21)28(22(29)31)14-6-8-17(9-7-14)32-16-4-2-1-3-5-16/h1-9,13,15H,10-12H2,(H2,24,25,26). The van der Waals surface area contributed by atoms with Crippen LogP contribution in [0, 0.1) is 0 Å². The normalized spacial score (nSPS) is 13.8. The van der Waals surface area contributed by atoms with Gasteiger partial charge in [0, 0.05) is 13.1 Å². The second kappa shape index (κ2) is 8.01. The van der Waals surface area contributed by atoms with Crippen molar-refractivity contribution < 1.29 is 9.53 Å². The Morgan fingerprint density at radius 3 is 2.44 bits per heavy atom. The molecule has 0 saturated carbocycles. The summed E-state index contributed by atoms with van der Waals surface area (Å²) in [6, 6.07) is 16.3. The van der Waals surface area contributed by atoms with E-state index in [1.165, 1.54) is 10.9 Å². The number of likely N-dealkylation sites (tertiary alicyclic amines) is 1. The Morgan fingerprint density at radius 2 is 1.75 bits per heavy atom. The van der Waals surface area contributed by atoms with Crippen LogP contribution in [0.15, 0.2) is 65.7 Å². The maximum atomic E-state index is 13.4. The van der Waals surface area contributed by atoms with Gasteiger partial charge in [0.25, 0.3) is 0 Å². The monoisotopic (exact) mass is 450 g/mol. The van der Waals surface area contributed by atoms with Crippen molar-refractivity contribution >= 4 is 34.5 Å². The minimum absolute atomic E-state index is 0.0874. The van der Waals surface area contributed by atoms with E-state index in [9.17, 15) is 9.59 Å². The molecule has 5 rings (SSSR count). The van der Waals surface area contributed by atoms with Gasteiger partial charge < -0.3 is 15.4 Å². The van der Waals surface area contributed by atoms with Crippen molar-refractivity contribution in [1.82, 2.24) is 24.0 Å². The van der Waals surface area contributed by atoms with Crippen LogP contribution in [0.1, 0.15) is 6.04 Å². The van der Waals surface area contributed by atoms with Gasteiger partial charge in [-0.2, -0.15) is 0 Å². The third-order valence-corrected chi connectivity index (χ3v) is 5.68. The second-order valence-electron chi connectivity index (χ2n) is 7.41. The van der Waals surface area contributed by atoms with Crippen LogP contribution in [0.25, 0.3) is 16.9 Å². The van der Waals surface area contributed by atoms with Crippen molar-refractivity contribution in [2.75, 3.05) is 24.7 Å². The molecule has 2 aromatic carbocycles. The van der Waals surface area contributed by atoms with Gasteiger partial charge in [0.1, 0.15) is 29.2 Å². The number of nitrogens with zero attached hydrogens (tertiary/aromatic N) is 5. The molecule has 1 amide bonds. The Kier molecular flexibility index (Phi) is 5.02. The third-order valence-electron chi connectivity index (χ3n) is 5.45. The first-order chi connectivity index (χ1) is 15.6. The lowest BCUT2D eigenvalue weighted by Gasteiger charge is -2.39. The predicted octanol–water partition coefficient (Wildman–Crippen LogP) is 2.58. The number of ether oxygens (including phenoxy) is 1. The van der Waals surface area contributed by atoms with Gasteiger partial charge in [0.05, 0.1) is 11.7 Å². The van der Waals surface area contributed by atoms with Crippen molar-refractivity contribution in [2.45, 2.75) is 6.04 Å². The van der Waals surface area contributed by atoms with Crippen LogP contribution in [-0.4, -0.2) is 48.9 Å². The number of carbonyl (C=O) groups excluding carboxylic acids is 1. The fourth-order valence-corrected chi connectivity index (χ4v) is 4.00. The van der Waals surface area contributed by atoms with E-state index >= 15 is 0 Å². The number of amides is 1. The molecule has 0 unspecified atom stereocenters. The van der Waals surface area contributed by atoms with E-state index in [0.717, 1.165) is 0 Å². The van der Waals surface area contributed by atoms with Crippen LogP contribution >= 0.6 is 11.6 Å². The number of fused-ring (bicyclic) bond motifs is 1. The fourth-order valence-electron chi connectivity index (χ4n) is 3.83. The molecule has 1 aliphatic rings. The number of rotatable bonds is 5. The highest BCUT2D eigenvalue weighted by atomic mass is 35.5. The highest BCUT2D eigenvalue weighted by molar-refractivity contribution is 6.27. The number of anilines is 1. The number of carbonyl (C=O) groups is 1. The zero-order valence-corrected chi connectivity index (χ0v) is 17.6. The van der Waals surface area contributed by atoms with E-state index < -0.39 is 0 Å². The first kappa shape index (κ1) is 20.1. The molecule has 0 radical (unpaired) electrons. The Bertz CT molecular complexity index is 1340. The van der Waals surface area contributed by atoms with E-state index in [2.05, 4.69) is 9.97 Å². The van der Waals surface area contributed by atoms with Crippen molar-refractivity contribution in [3.05, 3.63) is 71.4 Å². The highest BCUT2D eigenvalue weighted by Crippen LogP contribution is 2.28. The molecule has 3 heterocycles. The molecule has 32 heavy (non-hydrogen) atoms. The molecule has 10 heteroatoms. The lowest BCUT2D eigenvalue weighted by atomic mass is 10.1. The number of imidazole rings is 1. The molecule has 0 atom stereocenters. The molecule has 9 nitrogen and oxygen atoms in total. The number of para-hydroxylation sites is 1.